The van der Waals surface area contributed by atoms with Gasteiger partial charge in [0, 0.05) is 0 Å². The highest BCUT2D eigenvalue weighted by atomic mass is 16.5. The Labute approximate surface area is 86.8 Å². The first-order valence-corrected chi connectivity index (χ1v) is 4.62. The molecule has 78 valence electrons. The standard InChI is InChI=1S/C11H10O4/c1-14-11(13)8-2-4-9-7(6-8)3-5-10(12)15-9/h2,4,6H,3,5H2,1H3. The van der Waals surface area contributed by atoms with E-state index in [0.29, 0.717) is 24.2 Å². The van der Waals surface area contributed by atoms with Crippen LogP contribution in [0.5, 0.6) is 5.75 Å². The SMILES string of the molecule is COC(=O)c1ccc2c(c1)CCC(=O)O2. The second kappa shape index (κ2) is 3.73. The van der Waals surface area contributed by atoms with E-state index in [9.17, 15) is 9.59 Å². The molecule has 15 heavy (non-hydrogen) atoms. The van der Waals surface area contributed by atoms with Crippen molar-refractivity contribution in [3.63, 3.8) is 0 Å². The maximum atomic E-state index is 11.2. The van der Waals surface area contributed by atoms with Gasteiger partial charge in [-0.15, -0.1) is 0 Å². The molecular formula is C11H10O4. The van der Waals surface area contributed by atoms with Crippen LogP contribution >= 0.6 is 0 Å². The predicted molar refractivity (Wildman–Crippen MR) is 51.7 cm³/mol. The van der Waals surface area contributed by atoms with Gasteiger partial charge < -0.3 is 9.47 Å². The first-order valence-electron chi connectivity index (χ1n) is 4.62. The first-order chi connectivity index (χ1) is 7.20. The third-order valence-electron chi connectivity index (χ3n) is 2.30. The van der Waals surface area contributed by atoms with Gasteiger partial charge >= 0.3 is 11.9 Å². The molecule has 0 fully saturated rings. The molecule has 1 aliphatic rings. The van der Waals surface area contributed by atoms with Gasteiger partial charge in [-0.2, -0.15) is 0 Å². The number of carbonyl (C=O) groups is 2. The van der Waals surface area contributed by atoms with Crippen molar-refractivity contribution in [3.8, 4) is 5.75 Å². The molecule has 1 aromatic carbocycles. The third-order valence-corrected chi connectivity index (χ3v) is 2.30. The molecule has 1 aliphatic heterocycles. The zero-order chi connectivity index (χ0) is 10.8. The van der Waals surface area contributed by atoms with Crippen molar-refractivity contribution in [1.82, 2.24) is 0 Å². The summed E-state index contributed by atoms with van der Waals surface area (Å²) in [6.07, 6.45) is 0.969. The van der Waals surface area contributed by atoms with Gasteiger partial charge in [-0.3, -0.25) is 4.79 Å². The Morgan fingerprint density at radius 3 is 2.93 bits per heavy atom. The lowest BCUT2D eigenvalue weighted by Gasteiger charge is -2.15. The number of methoxy groups -OCH3 is 1. The normalized spacial score (nSPS) is 14.1. The molecule has 0 bridgehead atoms. The van der Waals surface area contributed by atoms with E-state index in [1.807, 2.05) is 0 Å². The topological polar surface area (TPSA) is 52.6 Å². The third kappa shape index (κ3) is 1.83. The van der Waals surface area contributed by atoms with Crippen LogP contribution in [0.25, 0.3) is 0 Å². The van der Waals surface area contributed by atoms with E-state index in [0.717, 1.165) is 5.56 Å². The molecule has 0 saturated carbocycles. The van der Waals surface area contributed by atoms with Crippen LogP contribution < -0.4 is 4.74 Å². The van der Waals surface area contributed by atoms with Crippen LogP contribution in [0, 0.1) is 0 Å². The van der Waals surface area contributed by atoms with Crippen molar-refractivity contribution in [2.24, 2.45) is 0 Å². The number of hydrogen-bond donors (Lipinski definition) is 0. The van der Waals surface area contributed by atoms with E-state index in [4.69, 9.17) is 4.74 Å². The molecule has 1 aromatic rings. The van der Waals surface area contributed by atoms with Crippen molar-refractivity contribution in [2.75, 3.05) is 7.11 Å². The summed E-state index contributed by atoms with van der Waals surface area (Å²) >= 11 is 0. The van der Waals surface area contributed by atoms with Gasteiger partial charge in [0.25, 0.3) is 0 Å². The van der Waals surface area contributed by atoms with Crippen LogP contribution in [0.4, 0.5) is 0 Å². The molecule has 2 rings (SSSR count). The molecule has 0 amide bonds. The highest BCUT2D eigenvalue weighted by Crippen LogP contribution is 2.26. The lowest BCUT2D eigenvalue weighted by atomic mass is 10.0. The Balaban J connectivity index is 2.34. The number of ether oxygens (including phenoxy) is 2. The molecule has 0 aliphatic carbocycles. The molecule has 1 heterocycles. The molecule has 4 heteroatoms. The highest BCUT2D eigenvalue weighted by molar-refractivity contribution is 5.90. The number of esters is 2. The second-order valence-corrected chi connectivity index (χ2v) is 3.29. The fraction of sp³-hybridized carbons (Fsp3) is 0.273. The fourth-order valence-electron chi connectivity index (χ4n) is 1.53. The Kier molecular flexibility index (Phi) is 2.41. The van der Waals surface area contributed by atoms with Gasteiger partial charge in [0.2, 0.25) is 0 Å². The molecule has 4 nitrogen and oxygen atoms in total. The maximum Gasteiger partial charge on any atom is 0.337 e. The van der Waals surface area contributed by atoms with Crippen LogP contribution in [0.2, 0.25) is 0 Å². The Morgan fingerprint density at radius 2 is 2.20 bits per heavy atom. The van der Waals surface area contributed by atoms with Crippen molar-refractivity contribution in [1.29, 1.82) is 0 Å². The molecule has 0 N–H and O–H groups in total. The molecular weight excluding hydrogens is 196 g/mol. The largest absolute Gasteiger partial charge is 0.465 e. The monoisotopic (exact) mass is 206 g/mol. The summed E-state index contributed by atoms with van der Waals surface area (Å²) in [6.45, 7) is 0. The van der Waals surface area contributed by atoms with Gasteiger partial charge in [-0.25, -0.2) is 4.79 Å². The Bertz CT molecular complexity index is 423. The molecule has 0 aromatic heterocycles. The van der Waals surface area contributed by atoms with Gasteiger partial charge in [-0.05, 0) is 30.2 Å². The van der Waals surface area contributed by atoms with E-state index in [2.05, 4.69) is 4.74 Å². The number of aryl methyl sites for hydroxylation is 1. The summed E-state index contributed by atoms with van der Waals surface area (Å²) in [5, 5.41) is 0. The minimum atomic E-state index is -0.380. The van der Waals surface area contributed by atoms with E-state index in [-0.39, 0.29) is 11.9 Å². The summed E-state index contributed by atoms with van der Waals surface area (Å²) in [5.41, 5.74) is 1.35. The molecule has 0 saturated heterocycles. The zero-order valence-corrected chi connectivity index (χ0v) is 8.28. The lowest BCUT2D eigenvalue weighted by molar-refractivity contribution is -0.135. The number of benzene rings is 1. The van der Waals surface area contributed by atoms with Crippen molar-refractivity contribution in [3.05, 3.63) is 29.3 Å². The molecule has 0 spiro atoms. The van der Waals surface area contributed by atoms with E-state index in [1.54, 1.807) is 18.2 Å². The number of rotatable bonds is 1. The quantitative estimate of drug-likeness (QED) is 0.513. The first kappa shape index (κ1) is 9.71. The summed E-state index contributed by atoms with van der Waals surface area (Å²) in [7, 11) is 1.34. The van der Waals surface area contributed by atoms with Crippen LogP contribution in [0.15, 0.2) is 18.2 Å². The van der Waals surface area contributed by atoms with Gasteiger partial charge in [0.1, 0.15) is 5.75 Å². The van der Waals surface area contributed by atoms with E-state index >= 15 is 0 Å². The highest BCUT2D eigenvalue weighted by Gasteiger charge is 2.18. The van der Waals surface area contributed by atoms with Crippen molar-refractivity contribution >= 4 is 11.9 Å². The smallest absolute Gasteiger partial charge is 0.337 e. The number of carbonyl (C=O) groups excluding carboxylic acids is 2. The molecule has 0 radical (unpaired) electrons. The zero-order valence-electron chi connectivity index (χ0n) is 8.28. The van der Waals surface area contributed by atoms with Crippen LogP contribution in [0.3, 0.4) is 0 Å². The Hall–Kier alpha value is -1.84. The summed E-state index contributed by atoms with van der Waals surface area (Å²) in [5.74, 6) is -0.0677. The van der Waals surface area contributed by atoms with Gasteiger partial charge in [0.05, 0.1) is 19.1 Å². The summed E-state index contributed by atoms with van der Waals surface area (Å²) in [6, 6.07) is 4.91. The minimum Gasteiger partial charge on any atom is -0.465 e. The molecule has 0 atom stereocenters. The van der Waals surface area contributed by atoms with Crippen molar-refractivity contribution < 1.29 is 19.1 Å². The summed E-state index contributed by atoms with van der Waals surface area (Å²) < 4.78 is 9.61. The average molecular weight is 206 g/mol. The van der Waals surface area contributed by atoms with Crippen LogP contribution in [-0.2, 0) is 16.0 Å². The van der Waals surface area contributed by atoms with Crippen LogP contribution in [0.1, 0.15) is 22.3 Å². The maximum absolute atomic E-state index is 11.2. The average Bonchev–Trinajstić information content (AvgIpc) is 2.27. The van der Waals surface area contributed by atoms with Gasteiger partial charge in [-0.1, -0.05) is 0 Å². The second-order valence-electron chi connectivity index (χ2n) is 3.29. The Morgan fingerprint density at radius 1 is 1.40 bits per heavy atom. The van der Waals surface area contributed by atoms with Crippen molar-refractivity contribution in [2.45, 2.75) is 12.8 Å². The van der Waals surface area contributed by atoms with Crippen LogP contribution in [-0.4, -0.2) is 19.0 Å². The van der Waals surface area contributed by atoms with Gasteiger partial charge in [0.15, 0.2) is 0 Å². The number of hydrogen-bond acceptors (Lipinski definition) is 4. The fourth-order valence-corrected chi connectivity index (χ4v) is 1.53. The predicted octanol–water partition coefficient (Wildman–Crippen LogP) is 1.32. The molecule has 0 unspecified atom stereocenters. The van der Waals surface area contributed by atoms with E-state index < -0.39 is 0 Å². The number of fused-ring (bicyclic) bond motifs is 1. The minimum absolute atomic E-state index is 0.228. The van der Waals surface area contributed by atoms with E-state index in [1.165, 1.54) is 7.11 Å². The lowest BCUT2D eigenvalue weighted by Crippen LogP contribution is -2.16. The summed E-state index contributed by atoms with van der Waals surface area (Å²) in [4.78, 5) is 22.2.